The van der Waals surface area contributed by atoms with Crippen LogP contribution in [0.15, 0.2) is 41.4 Å². The highest BCUT2D eigenvalue weighted by Gasteiger charge is 2.08. The van der Waals surface area contributed by atoms with E-state index in [0.29, 0.717) is 13.0 Å². The molecule has 124 valence electrons. The van der Waals surface area contributed by atoms with Crippen molar-refractivity contribution in [1.29, 1.82) is 0 Å². The predicted octanol–water partition coefficient (Wildman–Crippen LogP) is 2.34. The van der Waals surface area contributed by atoms with E-state index in [9.17, 15) is 0 Å². The van der Waals surface area contributed by atoms with E-state index in [4.69, 9.17) is 9.53 Å². The summed E-state index contributed by atoms with van der Waals surface area (Å²) in [7, 11) is 1.93. The summed E-state index contributed by atoms with van der Waals surface area (Å²) in [6, 6.07) is 10.1. The van der Waals surface area contributed by atoms with Crippen molar-refractivity contribution in [1.82, 2.24) is 10.4 Å². The Morgan fingerprint density at radius 2 is 2.09 bits per heavy atom. The van der Waals surface area contributed by atoms with Crippen LogP contribution in [0.5, 0.6) is 5.75 Å². The maximum Gasteiger partial charge on any atom is 0.221 e. The highest BCUT2D eigenvalue weighted by Crippen LogP contribution is 2.28. The molecule has 0 aliphatic carbocycles. The van der Waals surface area contributed by atoms with Gasteiger partial charge in [0.25, 0.3) is 0 Å². The summed E-state index contributed by atoms with van der Waals surface area (Å²) in [5.74, 6) is 5.24. The van der Waals surface area contributed by atoms with Crippen LogP contribution >= 0.6 is 11.8 Å². The van der Waals surface area contributed by atoms with Crippen molar-refractivity contribution in [2.24, 2.45) is 5.84 Å². The van der Waals surface area contributed by atoms with Gasteiger partial charge < -0.3 is 10.1 Å². The van der Waals surface area contributed by atoms with E-state index >= 15 is 0 Å². The summed E-state index contributed by atoms with van der Waals surface area (Å²) in [5, 5.41) is 3.21. The molecule has 2 aromatic rings. The normalized spacial score (nSPS) is 9.39. The Balaban J connectivity index is 0.000000593. The highest BCUT2D eigenvalue weighted by molar-refractivity contribution is 7.98. The molecular weight excluding hydrogens is 312 g/mol. The van der Waals surface area contributed by atoms with Gasteiger partial charge in [-0.05, 0) is 37.4 Å². The molecule has 1 aromatic carbocycles. The predicted molar refractivity (Wildman–Crippen MR) is 94.5 cm³/mol. The second kappa shape index (κ2) is 10.5. The molecule has 23 heavy (non-hydrogen) atoms. The van der Waals surface area contributed by atoms with Crippen molar-refractivity contribution in [3.63, 3.8) is 0 Å². The lowest BCUT2D eigenvalue weighted by atomic mass is 10.2. The number of ether oxygens (including phenoxy) is 1. The fourth-order valence-corrected chi connectivity index (χ4v) is 2.54. The van der Waals surface area contributed by atoms with Crippen LogP contribution in [0.2, 0.25) is 0 Å². The Morgan fingerprint density at radius 3 is 2.65 bits per heavy atom. The summed E-state index contributed by atoms with van der Waals surface area (Å²) in [4.78, 5) is 14.4. The second-order valence-electron chi connectivity index (χ2n) is 4.40. The zero-order chi connectivity index (χ0) is 17.1. The van der Waals surface area contributed by atoms with Crippen molar-refractivity contribution >= 4 is 23.9 Å². The number of amides is 1. The molecule has 0 spiro atoms. The number of anilines is 1. The monoisotopic (exact) mass is 334 g/mol. The number of nitrogens with one attached hydrogen (secondary N) is 2. The van der Waals surface area contributed by atoms with E-state index < -0.39 is 0 Å². The molecule has 2 rings (SSSR count). The van der Waals surface area contributed by atoms with Gasteiger partial charge in [-0.25, -0.2) is 5.84 Å². The molecule has 0 saturated heterocycles. The van der Waals surface area contributed by atoms with E-state index in [1.807, 2.05) is 26.1 Å². The number of hydrazine groups is 1. The molecule has 0 saturated carbocycles. The Morgan fingerprint density at radius 1 is 1.35 bits per heavy atom. The van der Waals surface area contributed by atoms with Crippen molar-refractivity contribution in [3.05, 3.63) is 47.8 Å². The van der Waals surface area contributed by atoms with E-state index in [1.54, 1.807) is 23.4 Å². The summed E-state index contributed by atoms with van der Waals surface area (Å²) < 4.78 is 5.89. The van der Waals surface area contributed by atoms with Crippen molar-refractivity contribution < 1.29 is 9.53 Å². The van der Waals surface area contributed by atoms with E-state index in [1.165, 1.54) is 10.5 Å². The molecule has 1 aromatic heterocycles. The lowest BCUT2D eigenvalue weighted by molar-refractivity contribution is -0.109. The summed E-state index contributed by atoms with van der Waals surface area (Å²) in [6.45, 7) is 2.49. The van der Waals surface area contributed by atoms with Gasteiger partial charge in [0.1, 0.15) is 12.4 Å². The van der Waals surface area contributed by atoms with Gasteiger partial charge in [-0.2, -0.15) is 0 Å². The molecule has 0 fully saturated rings. The summed E-state index contributed by atoms with van der Waals surface area (Å²) in [6.07, 6.45) is 4.25. The number of carbonyl (C=O) groups is 1. The third-order valence-corrected chi connectivity index (χ3v) is 3.84. The van der Waals surface area contributed by atoms with Gasteiger partial charge in [-0.3, -0.25) is 15.2 Å². The van der Waals surface area contributed by atoms with Crippen molar-refractivity contribution in [2.45, 2.75) is 18.4 Å². The topological polar surface area (TPSA) is 89.3 Å². The first kappa shape index (κ1) is 18.8. The number of rotatable bonds is 6. The SMILES string of the molecule is CNc1cccc(SC)c1COc1cccnc1C.NNC=O. The van der Waals surface area contributed by atoms with Gasteiger partial charge >= 0.3 is 0 Å². The van der Waals surface area contributed by atoms with Crippen LogP contribution in [0.3, 0.4) is 0 Å². The van der Waals surface area contributed by atoms with Gasteiger partial charge in [-0.15, -0.1) is 11.8 Å². The molecule has 7 heteroatoms. The fourth-order valence-electron chi connectivity index (χ4n) is 1.91. The van der Waals surface area contributed by atoms with Gasteiger partial charge in [0.15, 0.2) is 0 Å². The maximum atomic E-state index is 8.94. The highest BCUT2D eigenvalue weighted by atomic mass is 32.2. The molecule has 1 amide bonds. The molecule has 0 radical (unpaired) electrons. The van der Waals surface area contributed by atoms with E-state index in [2.05, 4.69) is 40.6 Å². The number of nitrogens with zero attached hydrogens (tertiary/aromatic N) is 1. The van der Waals surface area contributed by atoms with Gasteiger partial charge in [0.05, 0.1) is 5.69 Å². The number of thioether (sulfide) groups is 1. The first-order valence-electron chi connectivity index (χ1n) is 6.95. The largest absolute Gasteiger partial charge is 0.487 e. The molecule has 6 nitrogen and oxygen atoms in total. The van der Waals surface area contributed by atoms with Gasteiger partial charge in [0.2, 0.25) is 6.41 Å². The Labute approximate surface area is 140 Å². The molecule has 0 bridgehead atoms. The number of aryl methyl sites for hydroxylation is 1. The van der Waals surface area contributed by atoms with Crippen LogP contribution in [0, 0.1) is 6.92 Å². The Hall–Kier alpha value is -2.25. The van der Waals surface area contributed by atoms with Gasteiger partial charge in [-0.1, -0.05) is 6.07 Å². The average Bonchev–Trinajstić information content (AvgIpc) is 2.60. The first-order chi connectivity index (χ1) is 11.2. The standard InChI is InChI=1S/C15H18N2OS.CH4N2O/c1-11-14(7-5-9-17-11)18-10-12-13(16-2)6-4-8-15(12)19-3;2-3-1-4/h4-9,16H,10H2,1-3H3;1H,2H2,(H,3,4). The van der Waals surface area contributed by atoms with Gasteiger partial charge in [0, 0.05) is 29.4 Å². The number of hydrogen-bond donors (Lipinski definition) is 3. The number of nitrogens with two attached hydrogens (primary N) is 1. The van der Waals surface area contributed by atoms with E-state index in [-0.39, 0.29) is 0 Å². The third kappa shape index (κ3) is 5.80. The molecule has 0 unspecified atom stereocenters. The lowest BCUT2D eigenvalue weighted by Gasteiger charge is -2.15. The van der Waals surface area contributed by atoms with Crippen LogP contribution < -0.4 is 21.3 Å². The molecule has 0 aliphatic heterocycles. The number of carbonyl (C=O) groups excluding carboxylic acids is 1. The zero-order valence-electron chi connectivity index (χ0n) is 13.5. The molecular formula is C16H22N4O2S. The molecule has 4 N–H and O–H groups in total. The zero-order valence-corrected chi connectivity index (χ0v) is 14.3. The van der Waals surface area contributed by atoms with Crippen molar-refractivity contribution in [3.8, 4) is 5.75 Å². The van der Waals surface area contributed by atoms with Crippen LogP contribution in [0.1, 0.15) is 11.3 Å². The Kier molecular flexibility index (Phi) is 8.56. The average molecular weight is 334 g/mol. The fraction of sp³-hybridized carbons (Fsp3) is 0.250. The van der Waals surface area contributed by atoms with Crippen LogP contribution in [0.25, 0.3) is 0 Å². The number of benzene rings is 1. The lowest BCUT2D eigenvalue weighted by Crippen LogP contribution is -2.18. The quantitative estimate of drug-likeness (QED) is 0.247. The van der Waals surface area contributed by atoms with Crippen LogP contribution in [-0.4, -0.2) is 24.7 Å². The molecule has 0 atom stereocenters. The number of hydrogen-bond acceptors (Lipinski definition) is 6. The minimum absolute atomic E-state index is 0.403. The van der Waals surface area contributed by atoms with Crippen LogP contribution in [-0.2, 0) is 11.4 Å². The minimum Gasteiger partial charge on any atom is -0.487 e. The molecule has 1 heterocycles. The number of aromatic nitrogens is 1. The smallest absolute Gasteiger partial charge is 0.221 e. The van der Waals surface area contributed by atoms with Crippen molar-refractivity contribution in [2.75, 3.05) is 18.6 Å². The first-order valence-corrected chi connectivity index (χ1v) is 8.18. The maximum absolute atomic E-state index is 8.94. The third-order valence-electron chi connectivity index (χ3n) is 3.02. The summed E-state index contributed by atoms with van der Waals surface area (Å²) in [5.41, 5.74) is 4.95. The Bertz CT molecular complexity index is 601. The van der Waals surface area contributed by atoms with Crippen LogP contribution in [0.4, 0.5) is 5.69 Å². The second-order valence-corrected chi connectivity index (χ2v) is 5.24. The minimum atomic E-state index is 0.403. The van der Waals surface area contributed by atoms with E-state index in [0.717, 1.165) is 17.1 Å². The number of pyridine rings is 1. The summed E-state index contributed by atoms with van der Waals surface area (Å²) >= 11 is 1.73. The molecule has 0 aliphatic rings.